The lowest BCUT2D eigenvalue weighted by Gasteiger charge is -2.24. The van der Waals surface area contributed by atoms with Gasteiger partial charge in [-0.15, -0.1) is 0 Å². The molecule has 0 radical (unpaired) electrons. The molecule has 0 saturated heterocycles. The Kier molecular flexibility index (Phi) is 5.43. The van der Waals surface area contributed by atoms with Crippen molar-refractivity contribution in [1.29, 1.82) is 0 Å². The summed E-state index contributed by atoms with van der Waals surface area (Å²) >= 11 is 0. The van der Waals surface area contributed by atoms with Crippen LogP contribution in [0.3, 0.4) is 0 Å². The molecular weight excluding hydrogens is 312 g/mol. The predicted molar refractivity (Wildman–Crippen MR) is 87.9 cm³/mol. The fraction of sp³-hybridized carbons (Fsp3) is 0.471. The van der Waals surface area contributed by atoms with E-state index >= 15 is 0 Å². The second kappa shape index (κ2) is 7.33. The number of benzene rings is 1. The van der Waals surface area contributed by atoms with Gasteiger partial charge in [0.2, 0.25) is 5.91 Å². The summed E-state index contributed by atoms with van der Waals surface area (Å²) in [5, 5.41) is 21.1. The first-order valence-corrected chi connectivity index (χ1v) is 7.91. The van der Waals surface area contributed by atoms with Crippen LogP contribution in [0.25, 0.3) is 0 Å². The third-order valence-corrected chi connectivity index (χ3v) is 4.01. The summed E-state index contributed by atoms with van der Waals surface area (Å²) in [6.07, 6.45) is 0.460. The Hall–Kier alpha value is -2.57. The Morgan fingerprint density at radius 3 is 2.62 bits per heavy atom. The summed E-state index contributed by atoms with van der Waals surface area (Å²) < 4.78 is 0. The van der Waals surface area contributed by atoms with Crippen molar-refractivity contribution >= 4 is 23.5 Å². The van der Waals surface area contributed by atoms with Crippen LogP contribution in [0.5, 0.6) is 0 Å². The molecule has 7 heteroatoms. The van der Waals surface area contributed by atoms with Crippen molar-refractivity contribution in [3.8, 4) is 0 Å². The minimum atomic E-state index is -1.08. The quantitative estimate of drug-likeness (QED) is 0.735. The highest BCUT2D eigenvalue weighted by molar-refractivity contribution is 5.92. The molecule has 1 aliphatic heterocycles. The van der Waals surface area contributed by atoms with E-state index in [0.717, 1.165) is 12.0 Å². The molecule has 0 aromatic heterocycles. The van der Waals surface area contributed by atoms with Gasteiger partial charge >= 0.3 is 11.9 Å². The van der Waals surface area contributed by atoms with Gasteiger partial charge in [-0.05, 0) is 30.0 Å². The lowest BCUT2D eigenvalue weighted by atomic mass is 10.1. The molecule has 0 fully saturated rings. The molecular formula is C17H22N2O5. The maximum atomic E-state index is 12.7. The summed E-state index contributed by atoms with van der Waals surface area (Å²) in [6, 6.07) is 3.71. The highest BCUT2D eigenvalue weighted by Crippen LogP contribution is 2.26. The van der Waals surface area contributed by atoms with E-state index in [1.54, 1.807) is 11.0 Å². The number of amides is 1. The third kappa shape index (κ3) is 4.24. The standard InChI is InChI=1S/C17H22N2O5/c1-10(2)5-6-19-9-12-4-3-11(17(23)24)7-13(12)18-14(16(19)22)8-15(20)21/h3-4,7,10,14,18H,5-6,8-9H2,1-2H3,(H,20,21)(H,23,24). The average Bonchev–Trinajstić information content (AvgIpc) is 2.61. The second-order valence-corrected chi connectivity index (χ2v) is 6.41. The fourth-order valence-corrected chi connectivity index (χ4v) is 2.65. The Morgan fingerprint density at radius 1 is 1.33 bits per heavy atom. The zero-order chi connectivity index (χ0) is 17.9. The van der Waals surface area contributed by atoms with Crippen LogP contribution in [0.1, 0.15) is 42.6 Å². The fourth-order valence-electron chi connectivity index (χ4n) is 2.65. The number of fused-ring (bicyclic) bond motifs is 1. The summed E-state index contributed by atoms with van der Waals surface area (Å²) in [5.41, 5.74) is 1.38. The molecule has 2 rings (SSSR count). The molecule has 1 heterocycles. The summed E-state index contributed by atoms with van der Waals surface area (Å²) in [4.78, 5) is 36.5. The minimum Gasteiger partial charge on any atom is -0.481 e. The molecule has 24 heavy (non-hydrogen) atoms. The lowest BCUT2D eigenvalue weighted by molar-refractivity contribution is -0.141. The van der Waals surface area contributed by atoms with Gasteiger partial charge < -0.3 is 20.4 Å². The maximum Gasteiger partial charge on any atom is 0.335 e. The zero-order valence-electron chi connectivity index (χ0n) is 13.8. The van der Waals surface area contributed by atoms with Crippen molar-refractivity contribution in [1.82, 2.24) is 4.90 Å². The number of nitrogens with zero attached hydrogens (tertiary/aromatic N) is 1. The first-order valence-electron chi connectivity index (χ1n) is 7.91. The lowest BCUT2D eigenvalue weighted by Crippen LogP contribution is -2.42. The van der Waals surface area contributed by atoms with Gasteiger partial charge in [-0.3, -0.25) is 9.59 Å². The molecule has 1 aromatic carbocycles. The van der Waals surface area contributed by atoms with Gasteiger partial charge in [0.1, 0.15) is 6.04 Å². The van der Waals surface area contributed by atoms with E-state index in [2.05, 4.69) is 19.2 Å². The van der Waals surface area contributed by atoms with Gasteiger partial charge in [-0.25, -0.2) is 4.79 Å². The van der Waals surface area contributed by atoms with E-state index in [-0.39, 0.29) is 17.9 Å². The van der Waals surface area contributed by atoms with Crippen molar-refractivity contribution in [3.05, 3.63) is 29.3 Å². The van der Waals surface area contributed by atoms with Gasteiger partial charge in [0, 0.05) is 18.8 Å². The average molecular weight is 334 g/mol. The molecule has 1 unspecified atom stereocenters. The summed E-state index contributed by atoms with van der Waals surface area (Å²) in [7, 11) is 0. The number of carboxylic acid groups (broad SMARTS) is 2. The van der Waals surface area contributed by atoms with Crippen LogP contribution in [0, 0.1) is 5.92 Å². The largest absolute Gasteiger partial charge is 0.481 e. The van der Waals surface area contributed by atoms with Crippen LogP contribution in [0.4, 0.5) is 5.69 Å². The third-order valence-electron chi connectivity index (χ3n) is 4.01. The predicted octanol–water partition coefficient (Wildman–Crippen LogP) is 2.03. The first kappa shape index (κ1) is 17.8. The number of hydrogen-bond donors (Lipinski definition) is 3. The van der Waals surface area contributed by atoms with Crippen LogP contribution < -0.4 is 5.32 Å². The highest BCUT2D eigenvalue weighted by Gasteiger charge is 2.31. The van der Waals surface area contributed by atoms with Gasteiger partial charge in [0.25, 0.3) is 0 Å². The molecule has 7 nitrogen and oxygen atoms in total. The molecule has 0 spiro atoms. The van der Waals surface area contributed by atoms with E-state index in [9.17, 15) is 14.4 Å². The van der Waals surface area contributed by atoms with Crippen molar-refractivity contribution in [3.63, 3.8) is 0 Å². The minimum absolute atomic E-state index is 0.0957. The van der Waals surface area contributed by atoms with E-state index in [1.165, 1.54) is 12.1 Å². The van der Waals surface area contributed by atoms with E-state index in [1.807, 2.05) is 0 Å². The van der Waals surface area contributed by atoms with Crippen LogP contribution in [0.15, 0.2) is 18.2 Å². The number of aliphatic carboxylic acids is 1. The van der Waals surface area contributed by atoms with Crippen LogP contribution >= 0.6 is 0 Å². The van der Waals surface area contributed by atoms with Crippen LogP contribution in [0.2, 0.25) is 0 Å². The zero-order valence-corrected chi connectivity index (χ0v) is 13.8. The number of rotatable bonds is 6. The number of carboxylic acids is 2. The molecule has 3 N–H and O–H groups in total. The van der Waals surface area contributed by atoms with Gasteiger partial charge in [0.05, 0.1) is 12.0 Å². The second-order valence-electron chi connectivity index (χ2n) is 6.41. The number of anilines is 1. The Bertz CT molecular complexity index is 656. The van der Waals surface area contributed by atoms with Gasteiger partial charge in [0.15, 0.2) is 0 Å². The first-order chi connectivity index (χ1) is 11.3. The molecule has 0 saturated carbocycles. The molecule has 0 bridgehead atoms. The van der Waals surface area contributed by atoms with Crippen molar-refractivity contribution in [2.24, 2.45) is 5.92 Å². The van der Waals surface area contributed by atoms with E-state index in [0.29, 0.717) is 24.7 Å². The Labute approximate surface area is 140 Å². The Balaban J connectivity index is 2.35. The van der Waals surface area contributed by atoms with E-state index in [4.69, 9.17) is 10.2 Å². The number of carbonyl (C=O) groups is 3. The van der Waals surface area contributed by atoms with Crippen molar-refractivity contribution in [2.45, 2.75) is 39.3 Å². The van der Waals surface area contributed by atoms with E-state index < -0.39 is 18.0 Å². The van der Waals surface area contributed by atoms with Crippen molar-refractivity contribution in [2.75, 3.05) is 11.9 Å². The molecule has 1 aromatic rings. The van der Waals surface area contributed by atoms with Gasteiger partial charge in [-0.1, -0.05) is 19.9 Å². The normalized spacial score (nSPS) is 17.2. The SMILES string of the molecule is CC(C)CCN1Cc2ccc(C(=O)O)cc2NC(CC(=O)O)C1=O. The highest BCUT2D eigenvalue weighted by atomic mass is 16.4. The number of aromatic carboxylic acids is 1. The molecule has 1 amide bonds. The monoisotopic (exact) mass is 334 g/mol. The number of carbonyl (C=O) groups excluding carboxylic acids is 1. The van der Waals surface area contributed by atoms with Crippen molar-refractivity contribution < 1.29 is 24.6 Å². The molecule has 1 atom stereocenters. The summed E-state index contributed by atoms with van der Waals surface area (Å²) in [5.74, 6) is -2.00. The van der Waals surface area contributed by atoms with Gasteiger partial charge in [-0.2, -0.15) is 0 Å². The molecule has 130 valence electrons. The number of hydrogen-bond acceptors (Lipinski definition) is 4. The van der Waals surface area contributed by atoms with Crippen LogP contribution in [-0.4, -0.2) is 45.5 Å². The summed E-state index contributed by atoms with van der Waals surface area (Å²) in [6.45, 7) is 4.99. The Morgan fingerprint density at radius 2 is 2.04 bits per heavy atom. The molecule has 1 aliphatic rings. The van der Waals surface area contributed by atoms with Crippen LogP contribution in [-0.2, 0) is 16.1 Å². The number of nitrogens with one attached hydrogen (secondary N) is 1. The maximum absolute atomic E-state index is 12.7. The smallest absolute Gasteiger partial charge is 0.335 e. The topological polar surface area (TPSA) is 107 Å². The molecule has 0 aliphatic carbocycles.